The average Bonchev–Trinajstić information content (AvgIpc) is 2.59. The Kier molecular flexibility index (Phi) is 11.6. The van der Waals surface area contributed by atoms with Gasteiger partial charge in [0.05, 0.1) is 0 Å². The van der Waals surface area contributed by atoms with Crippen molar-refractivity contribution in [3.63, 3.8) is 0 Å². The second-order valence-corrected chi connectivity index (χ2v) is 7.60. The van der Waals surface area contributed by atoms with E-state index in [-0.39, 0.29) is 31.5 Å². The molecule has 0 aliphatic rings. The van der Waals surface area contributed by atoms with Crippen molar-refractivity contribution >= 4 is 37.2 Å². The van der Waals surface area contributed by atoms with E-state index in [2.05, 4.69) is 4.98 Å². The van der Waals surface area contributed by atoms with Crippen LogP contribution in [0.4, 0.5) is 19.0 Å². The molecule has 1 aromatic heterocycles. The Morgan fingerprint density at radius 3 is 2.26 bits per heavy atom. The molecule has 6 nitrogen and oxygen atoms in total. The van der Waals surface area contributed by atoms with Crippen molar-refractivity contribution in [1.29, 1.82) is 0 Å². The van der Waals surface area contributed by atoms with Gasteiger partial charge in [-0.3, -0.25) is 4.79 Å². The quantitative estimate of drug-likeness (QED) is 0.478. The summed E-state index contributed by atoms with van der Waals surface area (Å²) >= 11 is -0.173. The number of hydrogen-bond acceptors (Lipinski definition) is 6. The predicted octanol–water partition coefficient (Wildman–Crippen LogP) is 2.58. The molecule has 1 atom stereocenters. The van der Waals surface area contributed by atoms with Crippen LogP contribution in [0.5, 0.6) is 0 Å². The zero-order chi connectivity index (χ0) is 21.0. The van der Waals surface area contributed by atoms with E-state index in [9.17, 15) is 27.6 Å². The van der Waals surface area contributed by atoms with Gasteiger partial charge < -0.3 is 0 Å². The normalized spacial score (nSPS) is 11.8. The zero-order valence-corrected chi connectivity index (χ0v) is 17.1. The van der Waals surface area contributed by atoms with Crippen molar-refractivity contribution in [2.75, 3.05) is 12.3 Å². The van der Waals surface area contributed by atoms with E-state index in [0.717, 1.165) is 5.56 Å². The van der Waals surface area contributed by atoms with Crippen molar-refractivity contribution in [1.82, 2.24) is 4.98 Å². The fourth-order valence-corrected chi connectivity index (χ4v) is 3.38. The van der Waals surface area contributed by atoms with Crippen LogP contribution in [0.1, 0.15) is 32.8 Å². The van der Waals surface area contributed by atoms with Gasteiger partial charge in [0.2, 0.25) is 5.78 Å². The number of carbonyl (C=O) groups excluding carboxylic acids is 3. The summed E-state index contributed by atoms with van der Waals surface area (Å²) < 4.78 is 37.8. The van der Waals surface area contributed by atoms with Crippen LogP contribution in [-0.4, -0.2) is 49.2 Å². The van der Waals surface area contributed by atoms with Crippen LogP contribution in [0, 0.1) is 5.92 Å². The molecule has 0 bridgehead atoms. The van der Waals surface area contributed by atoms with Gasteiger partial charge in [0, 0.05) is 6.92 Å². The Bertz CT molecular complexity index is 622. The summed E-state index contributed by atoms with van der Waals surface area (Å²) in [5.41, 5.74) is 6.46. The van der Waals surface area contributed by atoms with E-state index in [1.165, 1.54) is 0 Å². The number of nitrogens with two attached hydrogens (primary N) is 1. The van der Waals surface area contributed by atoms with Crippen molar-refractivity contribution in [3.8, 4) is 0 Å². The number of nitrogens with zero attached hydrogens (tertiary/aromatic N) is 1. The maximum atomic E-state index is 11.9. The van der Waals surface area contributed by atoms with Gasteiger partial charge >= 0.3 is 131 Å². The molecule has 0 radical (unpaired) electrons. The molecule has 0 aromatic carbocycles. The Morgan fingerprint density at radius 1 is 1.26 bits per heavy atom. The fraction of sp³-hybridized carbons (Fsp3) is 0.529. The molecule has 0 aliphatic carbocycles. The topological polar surface area (TPSA) is 99.4 Å². The van der Waals surface area contributed by atoms with Crippen molar-refractivity contribution in [2.24, 2.45) is 5.92 Å². The molecule has 10 heteroatoms. The summed E-state index contributed by atoms with van der Waals surface area (Å²) in [5.74, 6) is -1.83. The van der Waals surface area contributed by atoms with Gasteiger partial charge in [-0.25, -0.2) is 0 Å². The third-order valence-electron chi connectivity index (χ3n) is 3.08. The second kappa shape index (κ2) is 12.5. The van der Waals surface area contributed by atoms with Gasteiger partial charge in [0.1, 0.15) is 0 Å². The summed E-state index contributed by atoms with van der Waals surface area (Å²) in [7, 11) is 0. The molecule has 1 heterocycles. The molecule has 0 amide bonds. The summed E-state index contributed by atoms with van der Waals surface area (Å²) in [6, 6.07) is 3.56. The first-order valence-electron chi connectivity index (χ1n) is 8.11. The standard InChI is InChI=1S/C14H20N2O3Se.C3H3F3O/c1-3-13(17)20-9-11(14(18)19-4-2)7-10-5-6-12(15)16-8-10;1-2(7)3(4,5)6/h5-6,8,11H,3-4,7,9H2,1-2H3,(H2,15,16);1H3. The number of anilines is 1. The van der Waals surface area contributed by atoms with Gasteiger partial charge in [0.15, 0.2) is 0 Å². The van der Waals surface area contributed by atoms with Crippen LogP contribution in [0.3, 0.4) is 0 Å². The van der Waals surface area contributed by atoms with Gasteiger partial charge in [0.25, 0.3) is 0 Å². The number of ether oxygens (including phenoxy) is 1. The minimum absolute atomic E-state index is 0.173. The van der Waals surface area contributed by atoms with E-state index in [4.69, 9.17) is 10.5 Å². The number of halogens is 3. The van der Waals surface area contributed by atoms with E-state index < -0.39 is 12.0 Å². The molecule has 0 saturated carbocycles. The van der Waals surface area contributed by atoms with E-state index >= 15 is 0 Å². The number of rotatable bonds is 8. The Morgan fingerprint density at radius 2 is 1.85 bits per heavy atom. The van der Waals surface area contributed by atoms with Crippen LogP contribution in [0.15, 0.2) is 18.3 Å². The maximum absolute atomic E-state index is 11.9. The summed E-state index contributed by atoms with van der Waals surface area (Å²) in [6.45, 7) is 4.46. The first-order valence-corrected chi connectivity index (χ1v) is 10.2. The summed E-state index contributed by atoms with van der Waals surface area (Å²) in [6.07, 6.45) is -1.92. The number of Topliss-reactive ketones (excluding diaryl/α,β-unsaturated/α-hetero) is 1. The predicted molar refractivity (Wildman–Crippen MR) is 95.1 cm³/mol. The van der Waals surface area contributed by atoms with E-state index in [1.807, 2.05) is 13.0 Å². The zero-order valence-electron chi connectivity index (χ0n) is 15.3. The Labute approximate surface area is 162 Å². The number of ketones is 1. The number of esters is 1. The molecule has 2 N–H and O–H groups in total. The minimum atomic E-state index is -4.64. The second-order valence-electron chi connectivity index (χ2n) is 5.33. The first-order chi connectivity index (χ1) is 12.5. The van der Waals surface area contributed by atoms with Crippen molar-refractivity contribution in [2.45, 2.75) is 45.1 Å². The van der Waals surface area contributed by atoms with Crippen LogP contribution < -0.4 is 5.73 Å². The number of hydrogen-bond donors (Lipinski definition) is 1. The van der Waals surface area contributed by atoms with Crippen molar-refractivity contribution in [3.05, 3.63) is 23.9 Å². The van der Waals surface area contributed by atoms with Crippen LogP contribution >= 0.6 is 0 Å². The molecule has 0 aliphatic heterocycles. The van der Waals surface area contributed by atoms with Crippen LogP contribution in [-0.2, 0) is 25.5 Å². The molecular weight excluding hydrogens is 432 g/mol. The number of alkyl halides is 3. The summed E-state index contributed by atoms with van der Waals surface area (Å²) in [4.78, 5) is 36.7. The molecule has 0 saturated heterocycles. The van der Waals surface area contributed by atoms with Gasteiger partial charge in [-0.1, -0.05) is 0 Å². The fourth-order valence-electron chi connectivity index (χ4n) is 1.61. The Hall–Kier alpha value is -1.93. The van der Waals surface area contributed by atoms with Crippen molar-refractivity contribution < 1.29 is 32.3 Å². The third kappa shape index (κ3) is 11.4. The van der Waals surface area contributed by atoms with Gasteiger partial charge in [-0.2, -0.15) is 13.2 Å². The average molecular weight is 455 g/mol. The summed E-state index contributed by atoms with van der Waals surface area (Å²) in [5, 5.41) is 0.572. The molecular formula is C17H23F3N2O4Se. The molecule has 152 valence electrons. The molecule has 1 aromatic rings. The third-order valence-corrected chi connectivity index (χ3v) is 5.56. The van der Waals surface area contributed by atoms with Crippen LogP contribution in [0.25, 0.3) is 0 Å². The van der Waals surface area contributed by atoms with E-state index in [0.29, 0.717) is 37.5 Å². The SMILES string of the molecule is CC(=O)C(F)(F)F.CCOC(=O)C(C[Se]C(=O)CC)Cc1ccc(N)nc1. The molecule has 0 spiro atoms. The first kappa shape index (κ1) is 25.1. The number of pyridine rings is 1. The molecule has 0 fully saturated rings. The Balaban J connectivity index is 0.000000821. The monoisotopic (exact) mass is 456 g/mol. The number of carbonyl (C=O) groups is 3. The van der Waals surface area contributed by atoms with Gasteiger partial charge in [-0.05, 0) is 0 Å². The van der Waals surface area contributed by atoms with E-state index in [1.54, 1.807) is 19.2 Å². The van der Waals surface area contributed by atoms with Gasteiger partial charge in [-0.15, -0.1) is 0 Å². The number of nitrogen functional groups attached to an aromatic ring is 1. The number of aromatic nitrogens is 1. The molecule has 1 rings (SSSR count). The molecule has 1 unspecified atom stereocenters. The van der Waals surface area contributed by atoms with Crippen LogP contribution in [0.2, 0.25) is 5.32 Å². The molecule has 27 heavy (non-hydrogen) atoms.